The van der Waals surface area contributed by atoms with Gasteiger partial charge in [-0.2, -0.15) is 0 Å². The lowest BCUT2D eigenvalue weighted by Crippen LogP contribution is -2.03. The number of aryl methyl sites for hydroxylation is 2. The Kier molecular flexibility index (Phi) is 4.04. The molecule has 0 spiro atoms. The molecule has 0 saturated carbocycles. The zero-order valence-corrected chi connectivity index (χ0v) is 13.3. The normalized spacial score (nSPS) is 11.2. The van der Waals surface area contributed by atoms with Gasteiger partial charge in [0.05, 0.1) is 5.03 Å². The largest absolute Gasteiger partial charge is 0.338 e. The van der Waals surface area contributed by atoms with Gasteiger partial charge in [0.25, 0.3) is 0 Å². The minimum absolute atomic E-state index is 0.676. The van der Waals surface area contributed by atoms with E-state index in [2.05, 4.69) is 67.1 Å². The summed E-state index contributed by atoms with van der Waals surface area (Å²) in [4.78, 5) is 1.27. The Morgan fingerprint density at radius 3 is 2.48 bits per heavy atom. The lowest BCUT2D eigenvalue weighted by atomic mass is 10.1. The summed E-state index contributed by atoms with van der Waals surface area (Å²) in [6, 6.07) is 17.3. The molecule has 1 heterocycles. The number of rotatable bonds is 4. The van der Waals surface area contributed by atoms with Gasteiger partial charge in [0.1, 0.15) is 0 Å². The van der Waals surface area contributed by atoms with Gasteiger partial charge in [0, 0.05) is 22.8 Å². The van der Waals surface area contributed by atoms with Crippen LogP contribution in [0.25, 0.3) is 10.9 Å². The summed E-state index contributed by atoms with van der Waals surface area (Å²) in [6.45, 7) is 2.79. The molecule has 3 rings (SSSR count). The van der Waals surface area contributed by atoms with Crippen molar-refractivity contribution in [3.8, 4) is 0 Å². The van der Waals surface area contributed by atoms with Crippen LogP contribution < -0.4 is 5.73 Å². The van der Waals surface area contributed by atoms with Gasteiger partial charge < -0.3 is 10.3 Å². The highest BCUT2D eigenvalue weighted by atomic mass is 32.2. The molecule has 21 heavy (non-hydrogen) atoms. The van der Waals surface area contributed by atoms with E-state index in [-0.39, 0.29) is 0 Å². The van der Waals surface area contributed by atoms with Crippen molar-refractivity contribution in [2.24, 2.45) is 12.8 Å². The molecule has 1 aromatic heterocycles. The fraction of sp³-hybridized carbons (Fsp3) is 0.222. The minimum atomic E-state index is 0.676. The molecule has 0 aliphatic rings. The smallest absolute Gasteiger partial charge is 0.0837 e. The van der Waals surface area contributed by atoms with E-state index >= 15 is 0 Å². The zero-order chi connectivity index (χ0) is 14.8. The second-order valence-corrected chi connectivity index (χ2v) is 6.38. The monoisotopic (exact) mass is 296 g/mol. The molecule has 0 radical (unpaired) electrons. The number of hydrogen-bond donors (Lipinski definition) is 1. The maximum absolute atomic E-state index is 5.82. The van der Waals surface area contributed by atoms with Gasteiger partial charge in [-0.15, -0.1) is 0 Å². The molecule has 0 atom stereocenters. The van der Waals surface area contributed by atoms with Crippen LogP contribution in [0.4, 0.5) is 0 Å². The van der Waals surface area contributed by atoms with Crippen molar-refractivity contribution < 1.29 is 0 Å². The summed E-state index contributed by atoms with van der Waals surface area (Å²) >= 11 is 1.82. The maximum atomic E-state index is 5.82. The highest BCUT2D eigenvalue weighted by Gasteiger charge is 2.15. The second kappa shape index (κ2) is 5.96. The number of benzene rings is 2. The van der Waals surface area contributed by atoms with E-state index in [4.69, 9.17) is 5.73 Å². The predicted octanol–water partition coefficient (Wildman–Crippen LogP) is 4.14. The van der Waals surface area contributed by atoms with Crippen LogP contribution in [0.1, 0.15) is 11.1 Å². The standard InChI is InChI=1S/C18H20N2S/c1-13-7-9-14(10-8-13)21-18-16(11-12-19)15-5-3-4-6-17(15)20(18)2/h3-10H,11-12,19H2,1-2H3. The molecule has 108 valence electrons. The highest BCUT2D eigenvalue weighted by molar-refractivity contribution is 7.99. The fourth-order valence-corrected chi connectivity index (χ4v) is 3.75. The van der Waals surface area contributed by atoms with Crippen molar-refractivity contribution >= 4 is 22.7 Å². The molecule has 0 unspecified atom stereocenters. The molecule has 0 fully saturated rings. The van der Waals surface area contributed by atoms with E-state index in [1.54, 1.807) is 0 Å². The average Bonchev–Trinajstić information content (AvgIpc) is 2.76. The number of fused-ring (bicyclic) bond motifs is 1. The van der Waals surface area contributed by atoms with Gasteiger partial charge in [-0.05, 0) is 43.7 Å². The number of nitrogens with two attached hydrogens (primary N) is 1. The first-order chi connectivity index (χ1) is 10.2. The van der Waals surface area contributed by atoms with E-state index in [0.717, 1.165) is 6.42 Å². The van der Waals surface area contributed by atoms with Crippen LogP contribution in [0.3, 0.4) is 0 Å². The maximum Gasteiger partial charge on any atom is 0.0837 e. The first-order valence-electron chi connectivity index (χ1n) is 7.21. The van der Waals surface area contributed by atoms with Gasteiger partial charge in [0.2, 0.25) is 0 Å². The SMILES string of the molecule is Cc1ccc(Sc2c(CCN)c3ccccc3n2C)cc1. The number of hydrogen-bond acceptors (Lipinski definition) is 2. The molecular weight excluding hydrogens is 276 g/mol. The third kappa shape index (κ3) is 2.71. The summed E-state index contributed by atoms with van der Waals surface area (Å²) in [5, 5.41) is 2.62. The summed E-state index contributed by atoms with van der Waals surface area (Å²) in [5.74, 6) is 0. The molecule has 0 bridgehead atoms. The third-order valence-corrected chi connectivity index (χ3v) is 5.00. The van der Waals surface area contributed by atoms with E-state index < -0.39 is 0 Å². The number of nitrogens with zero attached hydrogens (tertiary/aromatic N) is 1. The predicted molar refractivity (Wildman–Crippen MR) is 91.0 cm³/mol. The Bertz CT molecular complexity index is 757. The lowest BCUT2D eigenvalue weighted by Gasteiger charge is -2.07. The zero-order valence-electron chi connectivity index (χ0n) is 12.5. The van der Waals surface area contributed by atoms with Crippen LogP contribution in [-0.2, 0) is 13.5 Å². The fourth-order valence-electron chi connectivity index (χ4n) is 2.68. The van der Waals surface area contributed by atoms with Crippen LogP contribution >= 0.6 is 11.8 Å². The summed E-state index contributed by atoms with van der Waals surface area (Å²) in [7, 11) is 2.14. The molecule has 0 amide bonds. The van der Waals surface area contributed by atoms with Gasteiger partial charge in [-0.3, -0.25) is 0 Å². The molecule has 0 saturated heterocycles. The molecule has 2 nitrogen and oxygen atoms in total. The Labute approximate surface area is 130 Å². The van der Waals surface area contributed by atoms with E-state index in [1.807, 2.05) is 11.8 Å². The summed E-state index contributed by atoms with van der Waals surface area (Å²) < 4.78 is 2.28. The Balaban J connectivity index is 2.09. The summed E-state index contributed by atoms with van der Waals surface area (Å²) in [6.07, 6.45) is 0.912. The van der Waals surface area contributed by atoms with Crippen LogP contribution in [-0.4, -0.2) is 11.1 Å². The Hall–Kier alpha value is -1.71. The van der Waals surface area contributed by atoms with Crippen molar-refractivity contribution in [1.29, 1.82) is 0 Å². The van der Waals surface area contributed by atoms with E-state index in [0.29, 0.717) is 6.54 Å². The van der Waals surface area contributed by atoms with Gasteiger partial charge in [-0.25, -0.2) is 0 Å². The molecule has 3 heteroatoms. The molecule has 2 N–H and O–H groups in total. The first kappa shape index (κ1) is 14.2. The van der Waals surface area contributed by atoms with Crippen molar-refractivity contribution in [1.82, 2.24) is 4.57 Å². The Morgan fingerprint density at radius 1 is 1.05 bits per heavy atom. The quantitative estimate of drug-likeness (QED) is 0.784. The van der Waals surface area contributed by atoms with Crippen LogP contribution in [0.15, 0.2) is 58.5 Å². The van der Waals surface area contributed by atoms with Crippen molar-refractivity contribution in [2.75, 3.05) is 6.54 Å². The van der Waals surface area contributed by atoms with Gasteiger partial charge in [-0.1, -0.05) is 47.7 Å². The highest BCUT2D eigenvalue weighted by Crippen LogP contribution is 2.36. The minimum Gasteiger partial charge on any atom is -0.338 e. The Morgan fingerprint density at radius 2 is 1.76 bits per heavy atom. The second-order valence-electron chi connectivity index (χ2n) is 5.31. The average molecular weight is 296 g/mol. The van der Waals surface area contributed by atoms with Crippen molar-refractivity contribution in [3.63, 3.8) is 0 Å². The van der Waals surface area contributed by atoms with Crippen molar-refractivity contribution in [3.05, 3.63) is 59.7 Å². The molecule has 3 aromatic rings. The van der Waals surface area contributed by atoms with Crippen LogP contribution in [0.2, 0.25) is 0 Å². The number of para-hydroxylation sites is 1. The van der Waals surface area contributed by atoms with E-state index in [1.165, 1.54) is 32.0 Å². The molecular formula is C18H20N2S. The molecule has 0 aliphatic heterocycles. The van der Waals surface area contributed by atoms with E-state index in [9.17, 15) is 0 Å². The molecule has 2 aromatic carbocycles. The third-order valence-electron chi connectivity index (χ3n) is 3.78. The number of aromatic nitrogens is 1. The van der Waals surface area contributed by atoms with Gasteiger partial charge in [0.15, 0.2) is 0 Å². The summed E-state index contributed by atoms with van der Waals surface area (Å²) in [5.41, 5.74) is 9.75. The van der Waals surface area contributed by atoms with Crippen LogP contribution in [0, 0.1) is 6.92 Å². The topological polar surface area (TPSA) is 30.9 Å². The first-order valence-corrected chi connectivity index (χ1v) is 8.03. The molecule has 0 aliphatic carbocycles. The lowest BCUT2D eigenvalue weighted by molar-refractivity contribution is 0.826. The van der Waals surface area contributed by atoms with Crippen molar-refractivity contribution in [2.45, 2.75) is 23.3 Å². The van der Waals surface area contributed by atoms with Gasteiger partial charge >= 0.3 is 0 Å². The van der Waals surface area contributed by atoms with Crippen LogP contribution in [0.5, 0.6) is 0 Å².